The smallest absolute Gasteiger partial charge is 0.143 e. The summed E-state index contributed by atoms with van der Waals surface area (Å²) < 4.78 is 58.4. The highest BCUT2D eigenvalue weighted by Gasteiger charge is 2.27. The number of hydrogen-bond acceptors (Lipinski definition) is 19. The minimum absolute atomic E-state index is 0.309. The molecule has 0 spiro atoms. The molecule has 0 bridgehead atoms. The summed E-state index contributed by atoms with van der Waals surface area (Å²) >= 11 is 2.01. The molecule has 19 heteroatoms. The molecule has 628 valence electrons. The molecule has 114 heavy (non-hydrogen) atoms. The number of nitrogens with zero attached hydrogens (tertiary/aromatic N) is 8. The minimum Gasteiger partial charge on any atom is -0.478 e. The summed E-state index contributed by atoms with van der Waals surface area (Å²) in [5, 5.41) is 0. The van der Waals surface area contributed by atoms with E-state index in [2.05, 4.69) is 162 Å². The third-order valence-corrected chi connectivity index (χ3v) is 19.6. The Labute approximate surface area is 692 Å². The van der Waals surface area contributed by atoms with Gasteiger partial charge in [0, 0.05) is 147 Å². The number of benzene rings is 8. The van der Waals surface area contributed by atoms with E-state index < -0.39 is 0 Å². The standard InChI is InChI=1S/C22H28N2O3.C20H24N2O3.C20H24N2O2S.C17H18N2O2.8C2H6/c1-17(23-11-19-7-3-5-9-21(19)26-15-23)13-25-14-18(2)24-12-20-8-4-6-10-22(20)27-16-24;1-3-7-19-17(5-1)13-21(15-24-19)9-11-23-12-10-22-14-18-6-2-4-8-20(18)25-16-22;1-3-7-19-17(5-1)13-21(15-23-19)9-11-25-12-10-22-14-18-6-2-4-8-20(18)24-16-22;1-3-7-16-14(5-1)9-18(12-20-16)11-19-10-15-6-2-4-8-17(15)21-13-19;8*1-2/h3-10,17-18H,11-16H2,1-2H3;2*1-8H,9-16H2;1-8H,9-13H2;8*1-2H3. The normalized spacial score (nSPS) is 15.9. The van der Waals surface area contributed by atoms with Crippen LogP contribution in [0.15, 0.2) is 194 Å². The van der Waals surface area contributed by atoms with Crippen LogP contribution in [-0.2, 0) is 61.8 Å². The zero-order valence-corrected chi connectivity index (χ0v) is 73.6. The molecule has 0 aliphatic carbocycles. The zero-order valence-electron chi connectivity index (χ0n) is 72.8. The van der Waals surface area contributed by atoms with Gasteiger partial charge in [-0.1, -0.05) is 256 Å². The van der Waals surface area contributed by atoms with Gasteiger partial charge >= 0.3 is 0 Å². The van der Waals surface area contributed by atoms with E-state index in [9.17, 15) is 0 Å². The molecule has 0 saturated carbocycles. The maximum absolute atomic E-state index is 6.05. The lowest BCUT2D eigenvalue weighted by molar-refractivity contribution is -0.0188. The lowest BCUT2D eigenvalue weighted by Crippen LogP contribution is -2.43. The van der Waals surface area contributed by atoms with Crippen molar-refractivity contribution in [3.63, 3.8) is 0 Å². The van der Waals surface area contributed by atoms with Crippen molar-refractivity contribution in [2.75, 3.05) is 125 Å². The molecule has 16 rings (SSSR count). The van der Waals surface area contributed by atoms with Crippen molar-refractivity contribution in [1.82, 2.24) is 39.2 Å². The van der Waals surface area contributed by atoms with Crippen molar-refractivity contribution in [2.24, 2.45) is 0 Å². The third kappa shape index (κ3) is 32.0. The first-order chi connectivity index (χ1) is 56.3. The molecule has 8 heterocycles. The predicted molar refractivity (Wildman–Crippen MR) is 473 cm³/mol. The molecule has 2 atom stereocenters. The van der Waals surface area contributed by atoms with Crippen LogP contribution in [0.25, 0.3) is 0 Å². The highest BCUT2D eigenvalue weighted by Crippen LogP contribution is 2.32. The van der Waals surface area contributed by atoms with Crippen molar-refractivity contribution in [3.8, 4) is 46.0 Å². The molecule has 8 aliphatic rings. The number of rotatable bonds is 20. The molecule has 0 radical (unpaired) electrons. The second-order valence-electron chi connectivity index (χ2n) is 26.0. The van der Waals surface area contributed by atoms with E-state index in [1.807, 2.05) is 207 Å². The molecular formula is C95H142N8O10S. The molecule has 0 aromatic heterocycles. The first kappa shape index (κ1) is 96.7. The summed E-state index contributed by atoms with van der Waals surface area (Å²) in [7, 11) is 0. The van der Waals surface area contributed by atoms with Gasteiger partial charge in [0.1, 0.15) is 99.8 Å². The number of ether oxygens (including phenoxy) is 10. The van der Waals surface area contributed by atoms with E-state index in [4.69, 9.17) is 47.4 Å². The first-order valence-electron chi connectivity index (χ1n) is 42.6. The van der Waals surface area contributed by atoms with E-state index in [0.717, 1.165) is 156 Å². The van der Waals surface area contributed by atoms with Gasteiger partial charge < -0.3 is 47.4 Å². The fourth-order valence-electron chi connectivity index (χ4n) is 12.9. The van der Waals surface area contributed by atoms with Crippen LogP contribution in [0, 0.1) is 0 Å². The molecular weight excluding hydrogens is 1450 g/mol. The van der Waals surface area contributed by atoms with Gasteiger partial charge in [-0.05, 0) is 62.4 Å². The number of thioether (sulfide) groups is 1. The van der Waals surface area contributed by atoms with Gasteiger partial charge in [-0.3, -0.25) is 39.2 Å². The van der Waals surface area contributed by atoms with Gasteiger partial charge in [0.15, 0.2) is 0 Å². The molecule has 8 aliphatic heterocycles. The molecule has 0 N–H and O–H groups in total. The topological polar surface area (TPSA) is 118 Å². The summed E-state index contributed by atoms with van der Waals surface area (Å²) in [5.74, 6) is 10.4. The Hall–Kier alpha value is -7.89. The largest absolute Gasteiger partial charge is 0.478 e. The average molecular weight is 1590 g/mol. The second-order valence-corrected chi connectivity index (χ2v) is 27.2. The predicted octanol–water partition coefficient (Wildman–Crippen LogP) is 20.5. The molecule has 18 nitrogen and oxygen atoms in total. The molecule has 2 unspecified atom stereocenters. The van der Waals surface area contributed by atoms with Gasteiger partial charge in [0.05, 0.1) is 33.1 Å². The molecule has 0 fully saturated rings. The summed E-state index contributed by atoms with van der Waals surface area (Å²) in [5.41, 5.74) is 10.1. The van der Waals surface area contributed by atoms with E-state index in [1.165, 1.54) is 44.5 Å². The Kier molecular flexibility index (Phi) is 49.2. The maximum Gasteiger partial charge on any atom is 0.143 e. The third-order valence-electron chi connectivity index (χ3n) is 18.7. The van der Waals surface area contributed by atoms with E-state index in [0.29, 0.717) is 79.1 Å². The van der Waals surface area contributed by atoms with Crippen molar-refractivity contribution < 1.29 is 47.4 Å². The molecule has 0 amide bonds. The van der Waals surface area contributed by atoms with Crippen molar-refractivity contribution in [3.05, 3.63) is 239 Å². The van der Waals surface area contributed by atoms with E-state index in [1.54, 1.807) is 0 Å². The summed E-state index contributed by atoms with van der Waals surface area (Å²) in [6, 6.07) is 66.7. The Balaban J connectivity index is 0.000000256. The fraction of sp³-hybridized carbons (Fsp3) is 0.495. The highest BCUT2D eigenvalue weighted by atomic mass is 32.2. The number of fused-ring (bicyclic) bond motifs is 8. The summed E-state index contributed by atoms with van der Waals surface area (Å²) in [4.78, 5) is 18.5. The van der Waals surface area contributed by atoms with Crippen LogP contribution in [0.4, 0.5) is 0 Å². The van der Waals surface area contributed by atoms with E-state index in [-0.39, 0.29) is 0 Å². The highest BCUT2D eigenvalue weighted by molar-refractivity contribution is 7.99. The van der Waals surface area contributed by atoms with Crippen LogP contribution in [0.5, 0.6) is 46.0 Å². The Bertz CT molecular complexity index is 3440. The lowest BCUT2D eigenvalue weighted by Gasteiger charge is -2.35. The maximum atomic E-state index is 6.05. The SMILES string of the molecule is CC.CC.CC.CC.CC.CC.CC.CC.CC(COCC(C)N1COc2ccccc2C1)N1COc2ccccc2C1.c1ccc2c(c1)CN(CCOCCN1COc3ccccc3C1)CO2.c1ccc2c(c1)CN(CCSCCN1COc3ccccc3C1)CO2.c1ccc2c(c1)CN(CN1COc3ccccc3C1)CO2. The van der Waals surface area contributed by atoms with Gasteiger partial charge in [-0.15, -0.1) is 0 Å². The lowest BCUT2D eigenvalue weighted by atomic mass is 10.1. The average Bonchev–Trinajstić information content (AvgIpc) is 0.826. The van der Waals surface area contributed by atoms with Crippen molar-refractivity contribution in [2.45, 2.75) is 189 Å². The monoisotopic (exact) mass is 1590 g/mol. The van der Waals surface area contributed by atoms with Crippen LogP contribution >= 0.6 is 11.8 Å². The number of para-hydroxylation sites is 8. The zero-order chi connectivity index (χ0) is 82.5. The summed E-state index contributed by atoms with van der Waals surface area (Å²) in [6.07, 6.45) is 0. The Morgan fingerprint density at radius 1 is 0.254 bits per heavy atom. The quantitative estimate of drug-likeness (QED) is 0.0673. The Morgan fingerprint density at radius 2 is 0.456 bits per heavy atom. The Morgan fingerprint density at radius 3 is 0.711 bits per heavy atom. The van der Waals surface area contributed by atoms with Gasteiger partial charge in [0.2, 0.25) is 0 Å². The number of hydrogen-bond donors (Lipinski definition) is 0. The van der Waals surface area contributed by atoms with Gasteiger partial charge in [-0.25, -0.2) is 0 Å². The van der Waals surface area contributed by atoms with Crippen LogP contribution in [-0.4, -0.2) is 176 Å². The van der Waals surface area contributed by atoms with Gasteiger partial charge in [0.25, 0.3) is 0 Å². The molecule has 8 aromatic carbocycles. The fourth-order valence-corrected chi connectivity index (χ4v) is 13.9. The van der Waals surface area contributed by atoms with Crippen LogP contribution in [0.2, 0.25) is 0 Å². The molecule has 0 saturated heterocycles. The van der Waals surface area contributed by atoms with Crippen molar-refractivity contribution >= 4 is 11.8 Å². The minimum atomic E-state index is 0.309. The summed E-state index contributed by atoms with van der Waals surface area (Å²) in [6.45, 7) is 56.7. The van der Waals surface area contributed by atoms with Crippen LogP contribution < -0.4 is 37.9 Å². The van der Waals surface area contributed by atoms with Crippen LogP contribution in [0.1, 0.15) is 169 Å². The molecule has 8 aromatic rings. The van der Waals surface area contributed by atoms with Gasteiger partial charge in [-0.2, -0.15) is 11.8 Å². The first-order valence-corrected chi connectivity index (χ1v) is 43.7. The van der Waals surface area contributed by atoms with E-state index >= 15 is 0 Å². The second kappa shape index (κ2) is 58.0. The van der Waals surface area contributed by atoms with Crippen molar-refractivity contribution in [1.29, 1.82) is 0 Å². The van der Waals surface area contributed by atoms with Crippen LogP contribution in [0.3, 0.4) is 0 Å².